The van der Waals surface area contributed by atoms with E-state index in [1.165, 1.54) is 6.07 Å². The quantitative estimate of drug-likeness (QED) is 0.744. The number of H-pyrrole nitrogens is 1. The molecule has 0 saturated carbocycles. The van der Waals surface area contributed by atoms with Crippen LogP contribution in [0.5, 0.6) is 0 Å². The van der Waals surface area contributed by atoms with Gasteiger partial charge in [-0.25, -0.2) is 0 Å². The molecule has 1 unspecified atom stereocenters. The van der Waals surface area contributed by atoms with E-state index in [-0.39, 0.29) is 23.3 Å². The van der Waals surface area contributed by atoms with Crippen molar-refractivity contribution in [3.8, 4) is 0 Å². The Bertz CT molecular complexity index is 317. The minimum atomic E-state index is -0.583. The van der Waals surface area contributed by atoms with Gasteiger partial charge in [0.25, 0.3) is 5.91 Å². The van der Waals surface area contributed by atoms with Crippen LogP contribution in [0.3, 0.4) is 0 Å². The van der Waals surface area contributed by atoms with Gasteiger partial charge in [-0.05, 0) is 13.0 Å². The predicted molar refractivity (Wildman–Crippen MR) is 54.8 cm³/mol. The molecule has 0 radical (unpaired) electrons. The van der Waals surface area contributed by atoms with Crippen molar-refractivity contribution in [2.45, 2.75) is 13.0 Å². The lowest BCUT2D eigenvalue weighted by Gasteiger charge is -2.04. The molecule has 0 aromatic carbocycles. The molecule has 1 rings (SSSR count). The summed E-state index contributed by atoms with van der Waals surface area (Å²) in [6, 6.07) is 1.43. The number of carbonyl (C=O) groups is 1. The van der Waals surface area contributed by atoms with Gasteiger partial charge in [-0.3, -0.25) is 4.79 Å². The molecular formula is C8H10Cl2N2O2. The Morgan fingerprint density at radius 2 is 2.36 bits per heavy atom. The Kier molecular flexibility index (Phi) is 3.80. The van der Waals surface area contributed by atoms with Gasteiger partial charge in [0.2, 0.25) is 0 Å². The van der Waals surface area contributed by atoms with E-state index in [0.717, 1.165) is 0 Å². The number of nitrogens with one attached hydrogen (secondary N) is 2. The van der Waals surface area contributed by atoms with Crippen molar-refractivity contribution in [3.63, 3.8) is 0 Å². The number of aliphatic hydroxyl groups is 1. The van der Waals surface area contributed by atoms with Crippen molar-refractivity contribution in [1.82, 2.24) is 10.3 Å². The second kappa shape index (κ2) is 4.68. The summed E-state index contributed by atoms with van der Waals surface area (Å²) in [7, 11) is 0. The number of carbonyl (C=O) groups excluding carboxylic acids is 1. The predicted octanol–water partition coefficient (Wildman–Crippen LogP) is 1.43. The smallest absolute Gasteiger partial charge is 0.267 e. The maximum Gasteiger partial charge on any atom is 0.267 e. The Balaban J connectivity index is 2.61. The van der Waals surface area contributed by atoms with Crippen LogP contribution in [0.4, 0.5) is 0 Å². The summed E-state index contributed by atoms with van der Waals surface area (Å²) in [5.74, 6) is -0.347. The maximum absolute atomic E-state index is 11.3. The number of halogens is 2. The minimum absolute atomic E-state index is 0.188. The van der Waals surface area contributed by atoms with Gasteiger partial charge in [0, 0.05) is 6.54 Å². The van der Waals surface area contributed by atoms with Crippen LogP contribution in [0.15, 0.2) is 6.07 Å². The highest BCUT2D eigenvalue weighted by Gasteiger charge is 2.11. The molecule has 1 heterocycles. The lowest BCUT2D eigenvalue weighted by atomic mass is 10.3. The van der Waals surface area contributed by atoms with Gasteiger partial charge in [0.15, 0.2) is 0 Å². The van der Waals surface area contributed by atoms with Crippen LogP contribution in [0.2, 0.25) is 10.2 Å². The molecule has 0 saturated heterocycles. The Morgan fingerprint density at radius 1 is 1.71 bits per heavy atom. The summed E-state index contributed by atoms with van der Waals surface area (Å²) >= 11 is 11.3. The average Bonchev–Trinajstić information content (AvgIpc) is 2.43. The van der Waals surface area contributed by atoms with Crippen LogP contribution in [0, 0.1) is 0 Å². The first kappa shape index (κ1) is 11.4. The first-order chi connectivity index (χ1) is 6.50. The van der Waals surface area contributed by atoms with Crippen molar-refractivity contribution < 1.29 is 9.90 Å². The molecule has 0 aliphatic rings. The first-order valence-electron chi connectivity index (χ1n) is 4.01. The fourth-order valence-electron chi connectivity index (χ4n) is 0.862. The highest BCUT2D eigenvalue weighted by Crippen LogP contribution is 2.21. The van der Waals surface area contributed by atoms with Gasteiger partial charge in [-0.15, -0.1) is 0 Å². The van der Waals surface area contributed by atoms with Crippen LogP contribution in [0.25, 0.3) is 0 Å². The van der Waals surface area contributed by atoms with E-state index in [9.17, 15) is 4.79 Å². The van der Waals surface area contributed by atoms with E-state index in [0.29, 0.717) is 5.02 Å². The molecule has 1 atom stereocenters. The molecule has 0 spiro atoms. The van der Waals surface area contributed by atoms with Gasteiger partial charge >= 0.3 is 0 Å². The number of hydrogen-bond acceptors (Lipinski definition) is 2. The molecule has 6 heteroatoms. The normalized spacial score (nSPS) is 12.6. The standard InChI is InChI=1S/C8H10Cl2N2O2/c1-4(13)3-11-8(14)6-2-5(9)7(10)12-6/h2,4,12-13H,3H2,1H3,(H,11,14). The molecule has 3 N–H and O–H groups in total. The highest BCUT2D eigenvalue weighted by molar-refractivity contribution is 6.41. The first-order valence-corrected chi connectivity index (χ1v) is 4.76. The third-order valence-corrected chi connectivity index (χ3v) is 2.22. The van der Waals surface area contributed by atoms with Gasteiger partial charge in [0.05, 0.1) is 11.1 Å². The van der Waals surface area contributed by atoms with E-state index in [1.54, 1.807) is 6.92 Å². The molecule has 4 nitrogen and oxygen atoms in total. The molecule has 0 bridgehead atoms. The van der Waals surface area contributed by atoms with Crippen molar-refractivity contribution in [2.24, 2.45) is 0 Å². The fourth-order valence-corrected chi connectivity index (χ4v) is 1.17. The fraction of sp³-hybridized carbons (Fsp3) is 0.375. The Labute approximate surface area is 91.2 Å². The lowest BCUT2D eigenvalue weighted by molar-refractivity contribution is 0.0919. The Hall–Kier alpha value is -0.710. The van der Waals surface area contributed by atoms with Crippen molar-refractivity contribution >= 4 is 29.1 Å². The third-order valence-electron chi connectivity index (χ3n) is 1.53. The minimum Gasteiger partial charge on any atom is -0.392 e. The summed E-state index contributed by atoms with van der Waals surface area (Å²) in [6.07, 6.45) is -0.583. The molecule has 0 aliphatic carbocycles. The van der Waals surface area contributed by atoms with E-state index in [2.05, 4.69) is 10.3 Å². The van der Waals surface area contributed by atoms with E-state index in [4.69, 9.17) is 28.3 Å². The zero-order chi connectivity index (χ0) is 10.7. The van der Waals surface area contributed by atoms with E-state index in [1.807, 2.05) is 0 Å². The van der Waals surface area contributed by atoms with Crippen LogP contribution in [-0.2, 0) is 0 Å². The van der Waals surface area contributed by atoms with Gasteiger partial charge < -0.3 is 15.4 Å². The van der Waals surface area contributed by atoms with Gasteiger partial charge in [-0.2, -0.15) is 0 Å². The highest BCUT2D eigenvalue weighted by atomic mass is 35.5. The second-order valence-corrected chi connectivity index (χ2v) is 3.69. The number of aromatic amines is 1. The van der Waals surface area contributed by atoms with Crippen LogP contribution >= 0.6 is 23.2 Å². The number of rotatable bonds is 3. The summed E-state index contributed by atoms with van der Waals surface area (Å²) in [5.41, 5.74) is 0.278. The summed E-state index contributed by atoms with van der Waals surface area (Å²) in [5, 5.41) is 12.0. The molecule has 1 amide bonds. The molecule has 0 fully saturated rings. The molecular weight excluding hydrogens is 227 g/mol. The van der Waals surface area contributed by atoms with Crippen LogP contribution in [0.1, 0.15) is 17.4 Å². The number of hydrogen-bond donors (Lipinski definition) is 3. The van der Waals surface area contributed by atoms with Crippen LogP contribution in [-0.4, -0.2) is 28.6 Å². The van der Waals surface area contributed by atoms with Gasteiger partial charge in [-0.1, -0.05) is 23.2 Å². The zero-order valence-electron chi connectivity index (χ0n) is 7.47. The monoisotopic (exact) mass is 236 g/mol. The SMILES string of the molecule is CC(O)CNC(=O)c1cc(Cl)c(Cl)[nH]1. The summed E-state index contributed by atoms with van der Waals surface area (Å²) < 4.78 is 0. The molecule has 1 aromatic heterocycles. The average molecular weight is 237 g/mol. The number of aliphatic hydroxyl groups excluding tert-OH is 1. The zero-order valence-corrected chi connectivity index (χ0v) is 8.99. The molecule has 1 aromatic rings. The number of aromatic nitrogens is 1. The molecule has 14 heavy (non-hydrogen) atoms. The van der Waals surface area contributed by atoms with E-state index >= 15 is 0 Å². The Morgan fingerprint density at radius 3 is 2.79 bits per heavy atom. The largest absolute Gasteiger partial charge is 0.392 e. The summed E-state index contributed by atoms with van der Waals surface area (Å²) in [4.78, 5) is 14.0. The maximum atomic E-state index is 11.3. The van der Waals surface area contributed by atoms with E-state index < -0.39 is 6.10 Å². The third kappa shape index (κ3) is 2.90. The molecule has 0 aliphatic heterocycles. The second-order valence-electron chi connectivity index (χ2n) is 2.90. The van der Waals surface area contributed by atoms with Crippen molar-refractivity contribution in [3.05, 3.63) is 21.9 Å². The summed E-state index contributed by atoms with van der Waals surface area (Å²) in [6.45, 7) is 1.77. The van der Waals surface area contributed by atoms with Crippen molar-refractivity contribution in [1.29, 1.82) is 0 Å². The lowest BCUT2D eigenvalue weighted by Crippen LogP contribution is -2.30. The van der Waals surface area contributed by atoms with Gasteiger partial charge in [0.1, 0.15) is 10.8 Å². The van der Waals surface area contributed by atoms with Crippen molar-refractivity contribution in [2.75, 3.05) is 6.54 Å². The number of amides is 1. The molecule has 78 valence electrons. The topological polar surface area (TPSA) is 65.1 Å². The van der Waals surface area contributed by atoms with Crippen LogP contribution < -0.4 is 5.32 Å².